The molecule has 0 atom stereocenters. The molecule has 4 heteroatoms. The molecule has 0 unspecified atom stereocenters. The molecule has 0 aromatic heterocycles. The van der Waals surface area contributed by atoms with Gasteiger partial charge in [0, 0.05) is 25.7 Å². The Morgan fingerprint density at radius 1 is 1.12 bits per heavy atom. The summed E-state index contributed by atoms with van der Waals surface area (Å²) in [5, 5.41) is 11.5. The summed E-state index contributed by atoms with van der Waals surface area (Å²) in [4.78, 5) is 4.97. The van der Waals surface area contributed by atoms with Gasteiger partial charge in [-0.15, -0.1) is 0 Å². The average molecular weight is 342 g/mol. The smallest absolute Gasteiger partial charge is 0.119 e. The molecule has 2 aromatic carbocycles. The number of fused-ring (bicyclic) bond motifs is 1. The lowest BCUT2D eigenvalue weighted by atomic mass is 10.0. The number of aliphatic hydroxyl groups is 1. The average Bonchev–Trinajstić information content (AvgIpc) is 2.66. The van der Waals surface area contributed by atoms with E-state index in [-0.39, 0.29) is 6.61 Å². The van der Waals surface area contributed by atoms with Crippen LogP contribution in [-0.4, -0.2) is 61.3 Å². The molecule has 0 spiro atoms. The first-order valence-corrected chi connectivity index (χ1v) is 9.30. The Labute approximate surface area is 151 Å². The Bertz CT molecular complexity index is 681. The van der Waals surface area contributed by atoms with Crippen LogP contribution in [0.3, 0.4) is 0 Å². The largest absolute Gasteiger partial charge is 0.497 e. The number of methoxy groups -OCH3 is 1. The Hall–Kier alpha value is -1.62. The van der Waals surface area contributed by atoms with E-state index < -0.39 is 0 Å². The van der Waals surface area contributed by atoms with Crippen molar-refractivity contribution in [2.75, 3.05) is 40.4 Å². The molecular formula is C21H30N2O2. The third-order valence-electron chi connectivity index (χ3n) is 5.37. The van der Waals surface area contributed by atoms with Crippen molar-refractivity contribution in [3.63, 3.8) is 0 Å². The lowest BCUT2D eigenvalue weighted by Crippen LogP contribution is -2.43. The minimum absolute atomic E-state index is 0.289. The molecule has 1 saturated heterocycles. The second kappa shape index (κ2) is 8.65. The highest BCUT2D eigenvalue weighted by molar-refractivity contribution is 5.84. The summed E-state index contributed by atoms with van der Waals surface area (Å²) in [5.41, 5.74) is 1.38. The molecule has 136 valence electrons. The lowest BCUT2D eigenvalue weighted by Gasteiger charge is -2.36. The van der Waals surface area contributed by atoms with Gasteiger partial charge in [-0.05, 0) is 73.9 Å². The molecule has 0 saturated carbocycles. The van der Waals surface area contributed by atoms with Crippen LogP contribution in [0, 0.1) is 0 Å². The van der Waals surface area contributed by atoms with E-state index >= 15 is 0 Å². The predicted octanol–water partition coefficient (Wildman–Crippen LogP) is 3.13. The van der Waals surface area contributed by atoms with Crippen LogP contribution >= 0.6 is 0 Å². The summed E-state index contributed by atoms with van der Waals surface area (Å²) in [7, 11) is 3.90. The molecule has 0 bridgehead atoms. The van der Waals surface area contributed by atoms with Gasteiger partial charge < -0.3 is 14.7 Å². The van der Waals surface area contributed by atoms with E-state index in [2.05, 4.69) is 47.2 Å². The normalized spacial score (nSPS) is 16.6. The van der Waals surface area contributed by atoms with Crippen LogP contribution < -0.4 is 4.74 Å². The summed E-state index contributed by atoms with van der Waals surface area (Å²) < 4.78 is 5.30. The number of piperidine rings is 1. The number of hydrogen-bond acceptors (Lipinski definition) is 4. The van der Waals surface area contributed by atoms with Crippen LogP contribution in [0.1, 0.15) is 24.8 Å². The minimum Gasteiger partial charge on any atom is -0.497 e. The number of aliphatic hydroxyl groups excluding tert-OH is 1. The van der Waals surface area contributed by atoms with Gasteiger partial charge in [0.1, 0.15) is 5.75 Å². The van der Waals surface area contributed by atoms with Crippen molar-refractivity contribution in [3.8, 4) is 5.75 Å². The van der Waals surface area contributed by atoms with Gasteiger partial charge in [0.25, 0.3) is 0 Å². The van der Waals surface area contributed by atoms with E-state index in [1.807, 2.05) is 6.07 Å². The molecule has 1 fully saturated rings. The van der Waals surface area contributed by atoms with Crippen molar-refractivity contribution in [1.82, 2.24) is 9.80 Å². The van der Waals surface area contributed by atoms with Gasteiger partial charge in [-0.1, -0.05) is 18.2 Å². The van der Waals surface area contributed by atoms with Crippen molar-refractivity contribution >= 4 is 10.8 Å². The number of rotatable bonds is 7. The third-order valence-corrected chi connectivity index (χ3v) is 5.37. The van der Waals surface area contributed by atoms with Crippen molar-refractivity contribution in [2.24, 2.45) is 0 Å². The molecule has 1 N–H and O–H groups in total. The number of nitrogens with zero attached hydrogens (tertiary/aromatic N) is 2. The molecule has 2 aromatic rings. The molecule has 25 heavy (non-hydrogen) atoms. The lowest BCUT2D eigenvalue weighted by molar-refractivity contribution is 0.117. The maximum absolute atomic E-state index is 8.98. The Balaban J connectivity index is 1.56. The van der Waals surface area contributed by atoms with Crippen molar-refractivity contribution in [2.45, 2.75) is 31.8 Å². The highest BCUT2D eigenvalue weighted by atomic mass is 16.5. The van der Waals surface area contributed by atoms with Crippen LogP contribution in [0.2, 0.25) is 0 Å². The van der Waals surface area contributed by atoms with Crippen LogP contribution in [0.25, 0.3) is 10.8 Å². The molecule has 1 aliphatic heterocycles. The molecular weight excluding hydrogens is 312 g/mol. The molecule has 4 nitrogen and oxygen atoms in total. The highest BCUT2D eigenvalue weighted by Gasteiger charge is 2.22. The van der Waals surface area contributed by atoms with Gasteiger partial charge in [0.2, 0.25) is 0 Å². The summed E-state index contributed by atoms with van der Waals surface area (Å²) in [5.74, 6) is 0.910. The third kappa shape index (κ3) is 4.72. The second-order valence-electron chi connectivity index (χ2n) is 7.11. The van der Waals surface area contributed by atoms with Gasteiger partial charge in [-0.25, -0.2) is 0 Å². The van der Waals surface area contributed by atoms with E-state index in [0.717, 1.165) is 38.3 Å². The van der Waals surface area contributed by atoms with Crippen molar-refractivity contribution in [1.29, 1.82) is 0 Å². The van der Waals surface area contributed by atoms with Gasteiger partial charge in [0.15, 0.2) is 0 Å². The topological polar surface area (TPSA) is 35.9 Å². The summed E-state index contributed by atoms with van der Waals surface area (Å²) in [6, 6.07) is 13.6. The standard InChI is InChI=1S/C21H30N2O2/c1-22(10-3-13-24)20-8-11-23(12-9-20)16-17-4-5-19-15-21(25-2)7-6-18(19)14-17/h4-7,14-15,20,24H,3,8-13,16H2,1-2H3. The molecule has 1 aliphatic rings. The minimum atomic E-state index is 0.289. The quantitative estimate of drug-likeness (QED) is 0.839. The number of ether oxygens (including phenoxy) is 1. The van der Waals surface area contributed by atoms with Crippen LogP contribution in [0.5, 0.6) is 5.75 Å². The fourth-order valence-corrected chi connectivity index (χ4v) is 3.78. The first-order chi connectivity index (χ1) is 12.2. The summed E-state index contributed by atoms with van der Waals surface area (Å²) in [6.07, 6.45) is 3.30. The zero-order valence-electron chi connectivity index (χ0n) is 15.4. The Kier molecular flexibility index (Phi) is 6.29. The zero-order chi connectivity index (χ0) is 17.6. The molecule has 0 amide bonds. The van der Waals surface area contributed by atoms with Gasteiger partial charge >= 0.3 is 0 Å². The monoisotopic (exact) mass is 342 g/mol. The van der Waals surface area contributed by atoms with Gasteiger partial charge in [0.05, 0.1) is 7.11 Å². The highest BCUT2D eigenvalue weighted by Crippen LogP contribution is 2.23. The Morgan fingerprint density at radius 2 is 1.84 bits per heavy atom. The van der Waals surface area contributed by atoms with E-state index in [9.17, 15) is 0 Å². The van der Waals surface area contributed by atoms with Crippen LogP contribution in [0.4, 0.5) is 0 Å². The van der Waals surface area contributed by atoms with Gasteiger partial charge in [-0.2, -0.15) is 0 Å². The molecule has 3 rings (SSSR count). The number of hydrogen-bond donors (Lipinski definition) is 1. The fraction of sp³-hybridized carbons (Fsp3) is 0.524. The predicted molar refractivity (Wildman–Crippen MR) is 103 cm³/mol. The first kappa shape index (κ1) is 18.2. The van der Waals surface area contributed by atoms with Crippen LogP contribution in [-0.2, 0) is 6.54 Å². The van der Waals surface area contributed by atoms with Gasteiger partial charge in [-0.3, -0.25) is 4.90 Å². The van der Waals surface area contributed by atoms with E-state index in [4.69, 9.17) is 9.84 Å². The number of likely N-dealkylation sites (tertiary alicyclic amines) is 1. The maximum Gasteiger partial charge on any atom is 0.119 e. The van der Waals surface area contributed by atoms with Crippen molar-refractivity contribution < 1.29 is 9.84 Å². The summed E-state index contributed by atoms with van der Waals surface area (Å²) >= 11 is 0. The number of benzene rings is 2. The van der Waals surface area contributed by atoms with E-state index in [1.165, 1.54) is 29.2 Å². The van der Waals surface area contributed by atoms with Crippen LogP contribution in [0.15, 0.2) is 36.4 Å². The fourth-order valence-electron chi connectivity index (χ4n) is 3.78. The maximum atomic E-state index is 8.98. The second-order valence-corrected chi connectivity index (χ2v) is 7.11. The molecule has 1 heterocycles. The SMILES string of the molecule is COc1ccc2cc(CN3CCC(N(C)CCCO)CC3)ccc2c1. The van der Waals surface area contributed by atoms with E-state index in [0.29, 0.717) is 6.04 Å². The molecule has 0 aliphatic carbocycles. The van der Waals surface area contributed by atoms with Crippen molar-refractivity contribution in [3.05, 3.63) is 42.0 Å². The first-order valence-electron chi connectivity index (χ1n) is 9.30. The molecule has 0 radical (unpaired) electrons. The summed E-state index contributed by atoms with van der Waals surface area (Å²) in [6.45, 7) is 4.60. The zero-order valence-corrected chi connectivity index (χ0v) is 15.4. The van der Waals surface area contributed by atoms with E-state index in [1.54, 1.807) is 7.11 Å². The Morgan fingerprint density at radius 3 is 2.56 bits per heavy atom.